The highest BCUT2D eigenvalue weighted by molar-refractivity contribution is 5.51. The number of nitrogens with zero attached hydrogens (tertiary/aromatic N) is 2. The van der Waals surface area contributed by atoms with Gasteiger partial charge in [0.25, 0.3) is 0 Å². The summed E-state index contributed by atoms with van der Waals surface area (Å²) in [6.45, 7) is 9.20. The number of ether oxygens (including phenoxy) is 1. The van der Waals surface area contributed by atoms with Crippen LogP contribution in [0.15, 0.2) is 34.7 Å². The van der Waals surface area contributed by atoms with E-state index in [1.807, 2.05) is 13.0 Å². The fourth-order valence-corrected chi connectivity index (χ4v) is 2.92. The van der Waals surface area contributed by atoms with Crippen LogP contribution in [0.25, 0.3) is 0 Å². The first-order valence-electron chi connectivity index (χ1n) is 7.83. The van der Waals surface area contributed by atoms with Crippen molar-refractivity contribution in [2.75, 3.05) is 38.2 Å². The van der Waals surface area contributed by atoms with Crippen molar-refractivity contribution in [3.63, 3.8) is 0 Å². The second kappa shape index (κ2) is 6.44. The van der Waals surface area contributed by atoms with E-state index >= 15 is 0 Å². The van der Waals surface area contributed by atoms with E-state index in [1.165, 1.54) is 11.3 Å². The molecule has 0 saturated carbocycles. The molecule has 4 nitrogen and oxygen atoms in total. The zero-order valence-corrected chi connectivity index (χ0v) is 13.6. The zero-order chi connectivity index (χ0) is 15.5. The van der Waals surface area contributed by atoms with Crippen molar-refractivity contribution in [2.45, 2.75) is 20.4 Å². The predicted molar refractivity (Wildman–Crippen MR) is 88.7 cm³/mol. The smallest absolute Gasteiger partial charge is 0.120 e. The van der Waals surface area contributed by atoms with Crippen LogP contribution in [0, 0.1) is 13.8 Å². The number of piperazine rings is 1. The first kappa shape index (κ1) is 15.0. The molecular formula is C18H24N2O2. The molecule has 0 aliphatic carbocycles. The van der Waals surface area contributed by atoms with Gasteiger partial charge in [0.1, 0.15) is 17.3 Å². The van der Waals surface area contributed by atoms with Crippen LogP contribution in [0.1, 0.15) is 17.1 Å². The molecule has 4 heteroatoms. The van der Waals surface area contributed by atoms with Gasteiger partial charge in [0.05, 0.1) is 13.7 Å². The van der Waals surface area contributed by atoms with E-state index in [1.54, 1.807) is 7.11 Å². The number of methoxy groups -OCH3 is 1. The maximum absolute atomic E-state index is 5.79. The minimum absolute atomic E-state index is 0.903. The Labute approximate surface area is 132 Å². The first-order chi connectivity index (χ1) is 10.7. The molecule has 0 spiro atoms. The Morgan fingerprint density at radius 3 is 2.50 bits per heavy atom. The SMILES string of the molecule is COc1cccc(N2CCN(Cc3cc(C)c(C)o3)CC2)c1. The van der Waals surface area contributed by atoms with Crippen LogP contribution in [0.4, 0.5) is 5.69 Å². The fourth-order valence-electron chi connectivity index (χ4n) is 2.92. The Kier molecular flexibility index (Phi) is 4.39. The molecular weight excluding hydrogens is 276 g/mol. The van der Waals surface area contributed by atoms with Gasteiger partial charge in [-0.15, -0.1) is 0 Å². The highest BCUT2D eigenvalue weighted by Gasteiger charge is 2.19. The lowest BCUT2D eigenvalue weighted by Gasteiger charge is -2.35. The molecule has 22 heavy (non-hydrogen) atoms. The fraction of sp³-hybridized carbons (Fsp3) is 0.444. The van der Waals surface area contributed by atoms with E-state index in [9.17, 15) is 0 Å². The Morgan fingerprint density at radius 1 is 1.09 bits per heavy atom. The highest BCUT2D eigenvalue weighted by atomic mass is 16.5. The van der Waals surface area contributed by atoms with Crippen molar-refractivity contribution in [2.24, 2.45) is 0 Å². The molecule has 0 N–H and O–H groups in total. The largest absolute Gasteiger partial charge is 0.497 e. The normalized spacial score (nSPS) is 16.0. The van der Waals surface area contributed by atoms with E-state index in [4.69, 9.17) is 9.15 Å². The third kappa shape index (κ3) is 3.28. The summed E-state index contributed by atoms with van der Waals surface area (Å²) in [5.74, 6) is 3.02. The Bertz CT molecular complexity index is 608. The standard InChI is InChI=1S/C18H24N2O2/c1-14-11-18(22-15(14)2)13-19-7-9-20(10-8-19)16-5-4-6-17(12-16)21-3/h4-6,11-12H,7-10,13H2,1-3H3. The van der Waals surface area contributed by atoms with Crippen LogP contribution in [0.2, 0.25) is 0 Å². The van der Waals surface area contributed by atoms with E-state index in [2.05, 4.69) is 41.0 Å². The van der Waals surface area contributed by atoms with Crippen molar-refractivity contribution in [3.8, 4) is 5.75 Å². The molecule has 1 saturated heterocycles. The molecule has 118 valence electrons. The maximum Gasteiger partial charge on any atom is 0.120 e. The quantitative estimate of drug-likeness (QED) is 0.867. The third-order valence-electron chi connectivity index (χ3n) is 4.39. The van der Waals surface area contributed by atoms with Gasteiger partial charge in [-0.25, -0.2) is 0 Å². The van der Waals surface area contributed by atoms with Crippen LogP contribution >= 0.6 is 0 Å². The van der Waals surface area contributed by atoms with Crippen LogP contribution in [0.5, 0.6) is 5.75 Å². The number of furan rings is 1. The van der Waals surface area contributed by atoms with Gasteiger partial charge in [0.2, 0.25) is 0 Å². The summed E-state index contributed by atoms with van der Waals surface area (Å²) in [5.41, 5.74) is 2.48. The summed E-state index contributed by atoms with van der Waals surface area (Å²) < 4.78 is 11.1. The lowest BCUT2D eigenvalue weighted by atomic mass is 10.2. The second-order valence-corrected chi connectivity index (χ2v) is 5.92. The summed E-state index contributed by atoms with van der Waals surface area (Å²) in [7, 11) is 1.71. The number of benzene rings is 1. The van der Waals surface area contributed by atoms with Crippen LogP contribution < -0.4 is 9.64 Å². The van der Waals surface area contributed by atoms with Crippen molar-refractivity contribution in [1.29, 1.82) is 0 Å². The highest BCUT2D eigenvalue weighted by Crippen LogP contribution is 2.23. The van der Waals surface area contributed by atoms with Gasteiger partial charge in [0.15, 0.2) is 0 Å². The summed E-state index contributed by atoms with van der Waals surface area (Å²) in [5, 5.41) is 0. The van der Waals surface area contributed by atoms with Gasteiger partial charge in [-0.2, -0.15) is 0 Å². The van der Waals surface area contributed by atoms with Crippen molar-refractivity contribution in [3.05, 3.63) is 47.4 Å². The molecule has 0 unspecified atom stereocenters. The first-order valence-corrected chi connectivity index (χ1v) is 7.83. The molecule has 0 bridgehead atoms. The zero-order valence-electron chi connectivity index (χ0n) is 13.6. The topological polar surface area (TPSA) is 28.9 Å². The molecule has 0 radical (unpaired) electrons. The van der Waals surface area contributed by atoms with Crippen molar-refractivity contribution >= 4 is 5.69 Å². The summed E-state index contributed by atoms with van der Waals surface area (Å²) in [6.07, 6.45) is 0. The van der Waals surface area contributed by atoms with Gasteiger partial charge in [-0.3, -0.25) is 4.90 Å². The van der Waals surface area contributed by atoms with E-state index < -0.39 is 0 Å². The molecule has 1 aromatic heterocycles. The van der Waals surface area contributed by atoms with Crippen molar-refractivity contribution in [1.82, 2.24) is 4.90 Å². The summed E-state index contributed by atoms with van der Waals surface area (Å²) >= 11 is 0. The minimum Gasteiger partial charge on any atom is -0.497 e. The minimum atomic E-state index is 0.903. The molecule has 0 atom stereocenters. The lowest BCUT2D eigenvalue weighted by Crippen LogP contribution is -2.45. The molecule has 2 aromatic rings. The van der Waals surface area contributed by atoms with Gasteiger partial charge >= 0.3 is 0 Å². The van der Waals surface area contributed by atoms with Gasteiger partial charge in [0, 0.05) is 37.9 Å². The summed E-state index contributed by atoms with van der Waals surface area (Å²) in [4.78, 5) is 4.87. The van der Waals surface area contributed by atoms with Crippen LogP contribution in [-0.4, -0.2) is 38.2 Å². The average Bonchev–Trinajstić information content (AvgIpc) is 2.86. The Balaban J connectivity index is 1.57. The number of aryl methyl sites for hydroxylation is 2. The molecule has 1 aliphatic rings. The Hall–Kier alpha value is -1.94. The van der Waals surface area contributed by atoms with Crippen LogP contribution in [-0.2, 0) is 6.54 Å². The summed E-state index contributed by atoms with van der Waals surface area (Å²) in [6, 6.07) is 10.5. The van der Waals surface area contributed by atoms with Gasteiger partial charge in [-0.05, 0) is 37.6 Å². The number of hydrogen-bond acceptors (Lipinski definition) is 4. The lowest BCUT2D eigenvalue weighted by molar-refractivity contribution is 0.229. The second-order valence-electron chi connectivity index (χ2n) is 5.92. The molecule has 1 aliphatic heterocycles. The van der Waals surface area contributed by atoms with Gasteiger partial charge in [-0.1, -0.05) is 6.07 Å². The predicted octanol–water partition coefficient (Wildman–Crippen LogP) is 3.23. The number of rotatable bonds is 4. The van der Waals surface area contributed by atoms with E-state index in [0.717, 1.165) is 50.0 Å². The molecule has 3 rings (SSSR count). The van der Waals surface area contributed by atoms with E-state index in [0.29, 0.717) is 0 Å². The van der Waals surface area contributed by atoms with Crippen molar-refractivity contribution < 1.29 is 9.15 Å². The number of anilines is 1. The molecule has 2 heterocycles. The number of hydrogen-bond donors (Lipinski definition) is 0. The molecule has 0 amide bonds. The Morgan fingerprint density at radius 2 is 1.86 bits per heavy atom. The van der Waals surface area contributed by atoms with E-state index in [-0.39, 0.29) is 0 Å². The monoisotopic (exact) mass is 300 g/mol. The van der Waals surface area contributed by atoms with Crippen LogP contribution in [0.3, 0.4) is 0 Å². The van der Waals surface area contributed by atoms with Gasteiger partial charge < -0.3 is 14.1 Å². The third-order valence-corrected chi connectivity index (χ3v) is 4.39. The average molecular weight is 300 g/mol. The maximum atomic E-state index is 5.79. The molecule has 1 aromatic carbocycles. The molecule has 1 fully saturated rings.